The van der Waals surface area contributed by atoms with Gasteiger partial charge in [0, 0.05) is 4.88 Å². The molecule has 3 nitrogen and oxygen atoms in total. The second-order valence-electron chi connectivity index (χ2n) is 6.38. The molecule has 0 bridgehead atoms. The Morgan fingerprint density at radius 3 is 2.05 bits per heavy atom. The molecule has 0 atom stereocenters. The van der Waals surface area contributed by atoms with Gasteiger partial charge in [0.25, 0.3) is 0 Å². The molecule has 0 aromatic carbocycles. The smallest absolute Gasteiger partial charge is 0.350 e. The first-order chi connectivity index (χ1) is 10.7. The van der Waals surface area contributed by atoms with Crippen molar-refractivity contribution in [3.8, 4) is 0 Å². The minimum atomic E-state index is -0.304. The average Bonchev–Trinajstić information content (AvgIpc) is 2.89. The number of thiophene rings is 1. The molecule has 1 heterocycles. The molecular weight excluding hydrogens is 294 g/mol. The molecule has 4 heteroatoms. The summed E-state index contributed by atoms with van der Waals surface area (Å²) in [7, 11) is 1.41. The van der Waals surface area contributed by atoms with Gasteiger partial charge in [-0.15, -0.1) is 11.3 Å². The monoisotopic (exact) mass is 323 g/mol. The third-order valence-electron chi connectivity index (χ3n) is 4.66. The van der Waals surface area contributed by atoms with Crippen LogP contribution in [0, 0.1) is 0 Å². The highest BCUT2D eigenvalue weighted by atomic mass is 32.1. The van der Waals surface area contributed by atoms with Crippen LogP contribution in [0.5, 0.6) is 0 Å². The lowest BCUT2D eigenvalue weighted by atomic mass is 9.92. The van der Waals surface area contributed by atoms with Crippen molar-refractivity contribution in [1.29, 1.82) is 0 Å². The van der Waals surface area contributed by atoms with Gasteiger partial charge in [0.15, 0.2) is 0 Å². The first-order valence-electron chi connectivity index (χ1n) is 8.70. The summed E-state index contributed by atoms with van der Waals surface area (Å²) in [6.07, 6.45) is 14.6. The van der Waals surface area contributed by atoms with Gasteiger partial charge in [0.2, 0.25) is 0 Å². The van der Waals surface area contributed by atoms with E-state index in [4.69, 9.17) is 10.5 Å². The minimum Gasteiger partial charge on any atom is -0.465 e. The van der Waals surface area contributed by atoms with Gasteiger partial charge in [0.1, 0.15) is 4.88 Å². The summed E-state index contributed by atoms with van der Waals surface area (Å²) in [6.45, 7) is 0. The highest BCUT2D eigenvalue weighted by Gasteiger charge is 2.20. The quantitative estimate of drug-likeness (QED) is 0.731. The van der Waals surface area contributed by atoms with E-state index in [9.17, 15) is 4.79 Å². The van der Waals surface area contributed by atoms with Crippen LogP contribution >= 0.6 is 11.3 Å². The highest BCUT2D eigenvalue weighted by Crippen LogP contribution is 2.37. The van der Waals surface area contributed by atoms with Gasteiger partial charge in [-0.25, -0.2) is 4.79 Å². The number of nitrogen functional groups attached to an aromatic ring is 1. The second-order valence-corrected chi connectivity index (χ2v) is 7.46. The molecule has 1 aliphatic carbocycles. The zero-order valence-electron chi connectivity index (χ0n) is 13.7. The minimum absolute atomic E-state index is 0.304. The Balaban J connectivity index is 2.04. The van der Waals surface area contributed by atoms with Crippen molar-refractivity contribution in [1.82, 2.24) is 0 Å². The Hall–Kier alpha value is -1.03. The van der Waals surface area contributed by atoms with Crippen molar-refractivity contribution < 1.29 is 9.53 Å². The van der Waals surface area contributed by atoms with Crippen molar-refractivity contribution in [2.75, 3.05) is 12.8 Å². The third kappa shape index (κ3) is 5.01. The van der Waals surface area contributed by atoms with Crippen LogP contribution in [0.4, 0.5) is 5.69 Å². The maximum Gasteiger partial charge on any atom is 0.350 e. The predicted octanol–water partition coefficient (Wildman–Crippen LogP) is 5.51. The molecule has 0 spiro atoms. The van der Waals surface area contributed by atoms with E-state index in [0.717, 1.165) is 0 Å². The summed E-state index contributed by atoms with van der Waals surface area (Å²) in [6, 6.07) is 2.01. The van der Waals surface area contributed by atoms with Crippen LogP contribution in [0.3, 0.4) is 0 Å². The fourth-order valence-electron chi connectivity index (χ4n) is 3.33. The molecule has 0 aliphatic heterocycles. The maximum atomic E-state index is 11.7. The third-order valence-corrected chi connectivity index (χ3v) is 5.95. The number of nitrogens with two attached hydrogens (primary N) is 1. The number of esters is 1. The molecule has 1 saturated carbocycles. The molecule has 22 heavy (non-hydrogen) atoms. The summed E-state index contributed by atoms with van der Waals surface area (Å²) < 4.78 is 4.82. The molecule has 0 amide bonds. The second kappa shape index (κ2) is 9.19. The highest BCUT2D eigenvalue weighted by molar-refractivity contribution is 7.14. The fraction of sp³-hybridized carbons (Fsp3) is 0.722. The van der Waals surface area contributed by atoms with E-state index in [-0.39, 0.29) is 5.97 Å². The van der Waals surface area contributed by atoms with Crippen LogP contribution in [0.15, 0.2) is 6.07 Å². The SMILES string of the molecule is COC(=O)c1sc(C2CCCCCCCCCCC2)cc1N. The standard InChI is InChI=1S/C18H29NO2S/c1-21-18(20)17-15(19)13-16(22-17)14-11-9-7-5-3-2-4-6-8-10-12-14/h13-14H,2-12,19H2,1H3. The van der Waals surface area contributed by atoms with Gasteiger partial charge >= 0.3 is 5.97 Å². The number of hydrogen-bond acceptors (Lipinski definition) is 4. The van der Waals surface area contributed by atoms with Gasteiger partial charge in [-0.1, -0.05) is 57.8 Å². The van der Waals surface area contributed by atoms with E-state index in [0.29, 0.717) is 16.5 Å². The Kier molecular flexibility index (Phi) is 7.23. The van der Waals surface area contributed by atoms with E-state index in [1.807, 2.05) is 6.07 Å². The van der Waals surface area contributed by atoms with Crippen molar-refractivity contribution in [2.45, 2.75) is 76.5 Å². The van der Waals surface area contributed by atoms with E-state index in [1.165, 1.54) is 94.0 Å². The van der Waals surface area contributed by atoms with Gasteiger partial charge < -0.3 is 10.5 Å². The first kappa shape index (κ1) is 17.3. The predicted molar refractivity (Wildman–Crippen MR) is 93.6 cm³/mol. The van der Waals surface area contributed by atoms with Crippen LogP contribution in [-0.4, -0.2) is 13.1 Å². The summed E-state index contributed by atoms with van der Waals surface area (Å²) in [4.78, 5) is 13.6. The Morgan fingerprint density at radius 2 is 1.55 bits per heavy atom. The lowest BCUT2D eigenvalue weighted by Crippen LogP contribution is -2.01. The van der Waals surface area contributed by atoms with Crippen molar-refractivity contribution >= 4 is 23.0 Å². The number of anilines is 1. The lowest BCUT2D eigenvalue weighted by molar-refractivity contribution is 0.0607. The topological polar surface area (TPSA) is 52.3 Å². The van der Waals surface area contributed by atoms with E-state index >= 15 is 0 Å². The number of carbonyl (C=O) groups excluding carboxylic acids is 1. The molecule has 1 aromatic rings. The molecule has 1 aliphatic rings. The molecule has 2 rings (SSSR count). The molecule has 1 aromatic heterocycles. The largest absolute Gasteiger partial charge is 0.465 e. The number of hydrogen-bond donors (Lipinski definition) is 1. The van der Waals surface area contributed by atoms with Crippen LogP contribution in [-0.2, 0) is 4.74 Å². The van der Waals surface area contributed by atoms with Gasteiger partial charge in [-0.05, 0) is 24.8 Å². The molecule has 0 saturated heterocycles. The van der Waals surface area contributed by atoms with E-state index < -0.39 is 0 Å². The number of ether oxygens (including phenoxy) is 1. The Bertz CT molecular complexity index is 458. The van der Waals surface area contributed by atoms with Crippen molar-refractivity contribution in [3.63, 3.8) is 0 Å². The Labute approximate surface area is 138 Å². The summed E-state index contributed by atoms with van der Waals surface area (Å²) in [5.41, 5.74) is 6.59. The normalized spacial score (nSPS) is 19.1. The van der Waals surface area contributed by atoms with Gasteiger partial charge in [0.05, 0.1) is 12.8 Å². The maximum absolute atomic E-state index is 11.7. The number of methoxy groups -OCH3 is 1. The van der Waals surface area contributed by atoms with Crippen molar-refractivity contribution in [2.24, 2.45) is 0 Å². The molecule has 0 unspecified atom stereocenters. The number of carbonyl (C=O) groups is 1. The zero-order valence-corrected chi connectivity index (χ0v) is 14.6. The molecular formula is C18H29NO2S. The van der Waals surface area contributed by atoms with Crippen LogP contribution < -0.4 is 5.73 Å². The first-order valence-corrected chi connectivity index (χ1v) is 9.51. The van der Waals surface area contributed by atoms with Crippen LogP contribution in [0.2, 0.25) is 0 Å². The van der Waals surface area contributed by atoms with E-state index in [1.54, 1.807) is 0 Å². The molecule has 0 radical (unpaired) electrons. The average molecular weight is 324 g/mol. The molecule has 2 N–H and O–H groups in total. The summed E-state index contributed by atoms with van der Waals surface area (Å²) in [5, 5.41) is 0. The summed E-state index contributed by atoms with van der Waals surface area (Å²) >= 11 is 1.54. The fourth-order valence-corrected chi connectivity index (χ4v) is 4.49. The van der Waals surface area contributed by atoms with Gasteiger partial charge in [-0.2, -0.15) is 0 Å². The van der Waals surface area contributed by atoms with Crippen LogP contribution in [0.1, 0.15) is 91.1 Å². The molecule has 124 valence electrons. The Morgan fingerprint density at radius 1 is 1.05 bits per heavy atom. The zero-order chi connectivity index (χ0) is 15.8. The van der Waals surface area contributed by atoms with Crippen molar-refractivity contribution in [3.05, 3.63) is 15.8 Å². The van der Waals surface area contributed by atoms with E-state index in [2.05, 4.69) is 0 Å². The lowest BCUT2D eigenvalue weighted by Gasteiger charge is -2.16. The van der Waals surface area contributed by atoms with Gasteiger partial charge in [-0.3, -0.25) is 0 Å². The number of rotatable bonds is 2. The summed E-state index contributed by atoms with van der Waals surface area (Å²) in [5.74, 6) is 0.257. The molecule has 1 fully saturated rings. The van der Waals surface area contributed by atoms with Crippen LogP contribution in [0.25, 0.3) is 0 Å².